The highest BCUT2D eigenvalue weighted by Crippen LogP contribution is 2.29. The summed E-state index contributed by atoms with van der Waals surface area (Å²) in [5.41, 5.74) is 0. The fourth-order valence-corrected chi connectivity index (χ4v) is 5.81. The van der Waals surface area contributed by atoms with Crippen molar-refractivity contribution in [3.05, 3.63) is 23.2 Å². The number of likely N-dealkylation sites (N-methyl/N-ethyl adjacent to an activating group) is 1. The number of hydrogen-bond donors (Lipinski definition) is 2. The molecule has 9 heteroatoms. The maximum atomic E-state index is 12.7. The van der Waals surface area contributed by atoms with Crippen molar-refractivity contribution in [2.75, 3.05) is 46.5 Å². The molecule has 1 heterocycles. The van der Waals surface area contributed by atoms with E-state index in [9.17, 15) is 13.5 Å². The molecule has 7 nitrogen and oxygen atoms in total. The van der Waals surface area contributed by atoms with Gasteiger partial charge in [0.15, 0.2) is 0 Å². The van der Waals surface area contributed by atoms with Gasteiger partial charge in [-0.05, 0) is 43.9 Å². The molecule has 2 atom stereocenters. The Morgan fingerprint density at radius 2 is 1.97 bits per heavy atom. The molecule has 0 radical (unpaired) electrons. The van der Waals surface area contributed by atoms with E-state index in [1.165, 1.54) is 53.4 Å². The number of aliphatic hydroxyl groups excluding tert-OH is 1. The van der Waals surface area contributed by atoms with Gasteiger partial charge in [0.05, 0.1) is 36.2 Å². The summed E-state index contributed by atoms with van der Waals surface area (Å²) in [6.07, 6.45) is 5.66. The monoisotopic (exact) mass is 447 g/mol. The van der Waals surface area contributed by atoms with E-state index in [1.807, 2.05) is 0 Å². The second kappa shape index (κ2) is 10.4. The number of nitrogens with one attached hydrogen (secondary N) is 1. The molecule has 1 unspecified atom stereocenters. The van der Waals surface area contributed by atoms with Gasteiger partial charge in [-0.3, -0.25) is 0 Å². The Morgan fingerprint density at radius 3 is 2.62 bits per heavy atom. The van der Waals surface area contributed by atoms with Crippen molar-refractivity contribution in [3.8, 4) is 5.75 Å². The Kier molecular flexibility index (Phi) is 8.18. The second-order valence-electron chi connectivity index (χ2n) is 7.96. The molecule has 2 fully saturated rings. The maximum Gasteiger partial charge on any atom is 0.243 e. The molecular formula is C20H32ClN2O5S+. The van der Waals surface area contributed by atoms with Gasteiger partial charge in [0.2, 0.25) is 10.0 Å². The molecule has 0 bridgehead atoms. The van der Waals surface area contributed by atoms with Crippen molar-refractivity contribution in [2.45, 2.75) is 49.1 Å². The Hall–Kier alpha value is -0.900. The highest BCUT2D eigenvalue weighted by molar-refractivity contribution is 7.89. The summed E-state index contributed by atoms with van der Waals surface area (Å²) >= 11 is 6.27. The molecule has 29 heavy (non-hydrogen) atoms. The molecule has 1 saturated carbocycles. The third-order valence-corrected chi connectivity index (χ3v) is 7.99. The molecule has 1 aliphatic carbocycles. The molecule has 2 aliphatic rings. The first-order chi connectivity index (χ1) is 13.9. The molecule has 1 aliphatic heterocycles. The first kappa shape index (κ1) is 22.8. The van der Waals surface area contributed by atoms with Crippen LogP contribution in [0.4, 0.5) is 0 Å². The second-order valence-corrected chi connectivity index (χ2v) is 10.3. The number of hydrogen-bond acceptors (Lipinski definition) is 5. The number of sulfonamides is 1. The van der Waals surface area contributed by atoms with Crippen LogP contribution in [0.2, 0.25) is 5.02 Å². The van der Waals surface area contributed by atoms with Gasteiger partial charge >= 0.3 is 0 Å². The quantitative estimate of drug-likeness (QED) is 0.620. The van der Waals surface area contributed by atoms with Crippen molar-refractivity contribution in [2.24, 2.45) is 0 Å². The van der Waals surface area contributed by atoms with Crippen LogP contribution in [0.3, 0.4) is 0 Å². The van der Waals surface area contributed by atoms with E-state index < -0.39 is 16.1 Å². The van der Waals surface area contributed by atoms with Crippen LogP contribution >= 0.6 is 11.6 Å². The first-order valence-corrected chi connectivity index (χ1v) is 12.2. The lowest BCUT2D eigenvalue weighted by molar-refractivity contribution is -0.910. The number of ether oxygens (including phenoxy) is 2. The molecule has 164 valence electrons. The van der Waals surface area contributed by atoms with Crippen molar-refractivity contribution < 1.29 is 27.9 Å². The number of morpholine rings is 1. The zero-order chi connectivity index (χ0) is 20.9. The minimum Gasteiger partial charge on any atom is -0.489 e. The smallest absolute Gasteiger partial charge is 0.243 e. The third kappa shape index (κ3) is 6.06. The predicted molar refractivity (Wildman–Crippen MR) is 111 cm³/mol. The van der Waals surface area contributed by atoms with Gasteiger partial charge in [0, 0.05) is 13.1 Å². The van der Waals surface area contributed by atoms with E-state index in [1.54, 1.807) is 6.07 Å². The Morgan fingerprint density at radius 1 is 1.28 bits per heavy atom. The standard InChI is InChI=1S/C20H31ClN2O5S/c1-22(16-5-3-2-4-6-16)14-17(24)15-28-20-8-7-18(13-19(20)21)29(25,26)23-9-11-27-12-10-23/h7-8,13,16-17,24H,2-6,9-12,14-15H2,1H3/p+1/t17-/m0/s1. The van der Waals surface area contributed by atoms with Crippen LogP contribution in [0.1, 0.15) is 32.1 Å². The number of aliphatic hydroxyl groups is 1. The molecule has 0 spiro atoms. The van der Waals surface area contributed by atoms with Crippen LogP contribution in [0.25, 0.3) is 0 Å². The van der Waals surface area contributed by atoms with Gasteiger partial charge in [-0.25, -0.2) is 8.42 Å². The molecule has 1 saturated heterocycles. The van der Waals surface area contributed by atoms with E-state index in [2.05, 4.69) is 7.05 Å². The Balaban J connectivity index is 1.54. The highest BCUT2D eigenvalue weighted by Gasteiger charge is 2.27. The van der Waals surface area contributed by atoms with Gasteiger partial charge in [-0.15, -0.1) is 0 Å². The Labute approximate surface area is 178 Å². The van der Waals surface area contributed by atoms with E-state index in [4.69, 9.17) is 21.1 Å². The summed E-state index contributed by atoms with van der Waals surface area (Å²) < 4.78 is 37.7. The molecular weight excluding hydrogens is 416 g/mol. The third-order valence-electron chi connectivity index (χ3n) is 5.80. The van der Waals surface area contributed by atoms with Crippen molar-refractivity contribution >= 4 is 21.6 Å². The summed E-state index contributed by atoms with van der Waals surface area (Å²) in [6, 6.07) is 5.07. The lowest BCUT2D eigenvalue weighted by Gasteiger charge is -2.29. The summed E-state index contributed by atoms with van der Waals surface area (Å²) in [5.74, 6) is 0.377. The van der Waals surface area contributed by atoms with Crippen molar-refractivity contribution in [1.29, 1.82) is 0 Å². The summed E-state index contributed by atoms with van der Waals surface area (Å²) in [7, 11) is -1.48. The summed E-state index contributed by atoms with van der Waals surface area (Å²) in [6.45, 7) is 2.19. The minimum absolute atomic E-state index is 0.124. The highest BCUT2D eigenvalue weighted by atomic mass is 35.5. The molecule has 2 N–H and O–H groups in total. The fourth-order valence-electron chi connectivity index (χ4n) is 4.07. The van der Waals surface area contributed by atoms with Crippen LogP contribution in [-0.2, 0) is 14.8 Å². The van der Waals surface area contributed by atoms with Crippen molar-refractivity contribution in [1.82, 2.24) is 4.31 Å². The van der Waals surface area contributed by atoms with Crippen LogP contribution in [-0.4, -0.2) is 76.5 Å². The van der Waals surface area contributed by atoms with Gasteiger partial charge in [-0.1, -0.05) is 18.0 Å². The van der Waals surface area contributed by atoms with Gasteiger partial charge in [-0.2, -0.15) is 4.31 Å². The molecule has 0 amide bonds. The fraction of sp³-hybridized carbons (Fsp3) is 0.700. The largest absolute Gasteiger partial charge is 0.489 e. The van der Waals surface area contributed by atoms with E-state index in [-0.39, 0.29) is 16.5 Å². The lowest BCUT2D eigenvalue weighted by Crippen LogP contribution is -3.14. The van der Waals surface area contributed by atoms with Crippen LogP contribution in [0, 0.1) is 0 Å². The topological polar surface area (TPSA) is 80.5 Å². The number of nitrogens with zero attached hydrogens (tertiary/aromatic N) is 1. The lowest BCUT2D eigenvalue weighted by atomic mass is 9.94. The zero-order valence-corrected chi connectivity index (χ0v) is 18.6. The average Bonchev–Trinajstić information content (AvgIpc) is 2.74. The number of quaternary nitrogens is 1. The van der Waals surface area contributed by atoms with Crippen molar-refractivity contribution in [3.63, 3.8) is 0 Å². The minimum atomic E-state index is -3.60. The number of rotatable bonds is 8. The zero-order valence-electron chi connectivity index (χ0n) is 17.0. The van der Waals surface area contributed by atoms with Gasteiger partial charge in [0.25, 0.3) is 0 Å². The molecule has 1 aromatic carbocycles. The van der Waals surface area contributed by atoms with Gasteiger partial charge < -0.3 is 19.5 Å². The van der Waals surface area contributed by atoms with Crippen LogP contribution < -0.4 is 9.64 Å². The van der Waals surface area contributed by atoms with E-state index >= 15 is 0 Å². The molecule has 0 aromatic heterocycles. The normalized spacial score (nSPS) is 21.6. The van der Waals surface area contributed by atoms with Gasteiger partial charge in [0.1, 0.15) is 25.0 Å². The van der Waals surface area contributed by atoms with Crippen LogP contribution in [0.15, 0.2) is 23.1 Å². The average molecular weight is 448 g/mol. The predicted octanol–water partition coefficient (Wildman–Crippen LogP) is 0.948. The molecule has 3 rings (SSSR count). The summed E-state index contributed by atoms with van der Waals surface area (Å²) in [4.78, 5) is 1.47. The molecule has 1 aromatic rings. The maximum absolute atomic E-state index is 12.7. The Bertz CT molecular complexity index is 764. The van der Waals surface area contributed by atoms with E-state index in [0.29, 0.717) is 44.6 Å². The first-order valence-electron chi connectivity index (χ1n) is 10.4. The SMILES string of the molecule is C[NH+](C[C@H](O)COc1ccc(S(=O)(=O)N2CCOCC2)cc1Cl)C1CCCCC1. The summed E-state index contributed by atoms with van der Waals surface area (Å²) in [5, 5.41) is 10.6. The number of benzene rings is 1. The number of halogens is 1. The van der Waals surface area contributed by atoms with Crippen LogP contribution in [0.5, 0.6) is 5.75 Å². The van der Waals surface area contributed by atoms with E-state index in [0.717, 1.165) is 0 Å².